The van der Waals surface area contributed by atoms with Gasteiger partial charge in [-0.05, 0) is 13.8 Å². The maximum absolute atomic E-state index is 5.38. The molecule has 0 amide bonds. The second-order valence-corrected chi connectivity index (χ2v) is 2.88. The van der Waals surface area contributed by atoms with Gasteiger partial charge in [-0.1, -0.05) is 0 Å². The third-order valence-electron chi connectivity index (χ3n) is 0.593. The van der Waals surface area contributed by atoms with E-state index in [1.54, 1.807) is 29.6 Å². The maximum Gasteiger partial charge on any atom is 0.361 e. The molecule has 4 heteroatoms. The zero-order valence-corrected chi connectivity index (χ0v) is 6.47. The molecule has 0 rings (SSSR count). The Morgan fingerprint density at radius 2 is 2.43 bits per heavy atom. The van der Waals surface area contributed by atoms with E-state index in [4.69, 9.17) is 5.73 Å². The zero-order chi connectivity index (χ0) is 5.91. The van der Waals surface area contributed by atoms with Gasteiger partial charge in [-0.15, -0.1) is 0 Å². The molecule has 1 atom stereocenters. The van der Waals surface area contributed by atoms with Crippen LogP contribution in [0.15, 0.2) is 4.99 Å². The standard InChI is InChI=1S/C3H9IN3/c1-6-3(4,5)7-2/h4,7H,1,5H2,2H3/q+1. The summed E-state index contributed by atoms with van der Waals surface area (Å²) in [4.78, 5) is 3.56. The highest BCUT2D eigenvalue weighted by molar-refractivity contribution is 5.24. The number of aliphatic imine (C=N–C) groups is 1. The molecule has 0 saturated carbocycles. The average molecular weight is 214 g/mol. The summed E-state index contributed by atoms with van der Waals surface area (Å²) in [5.41, 5.74) is 5.38. The number of nitrogens with zero attached hydrogens (tertiary/aromatic N) is 1. The Kier molecular flexibility index (Phi) is 2.70. The summed E-state index contributed by atoms with van der Waals surface area (Å²) in [6, 6.07) is 0. The quantitative estimate of drug-likeness (QED) is 0.161. The van der Waals surface area contributed by atoms with Gasteiger partial charge in [0.25, 0.3) is 0 Å². The highest BCUT2D eigenvalue weighted by Crippen LogP contribution is 1.70. The lowest BCUT2D eigenvalue weighted by Crippen LogP contribution is -3.46. The van der Waals surface area contributed by atoms with Gasteiger partial charge in [-0.2, -0.15) is 0 Å². The first-order valence-electron chi connectivity index (χ1n) is 1.78. The van der Waals surface area contributed by atoms with Gasteiger partial charge in [-0.3, -0.25) is 5.73 Å². The van der Waals surface area contributed by atoms with Crippen LogP contribution in [0.4, 0.5) is 0 Å². The van der Waals surface area contributed by atoms with Crippen molar-refractivity contribution in [2.45, 2.75) is 3.79 Å². The predicted molar refractivity (Wildman–Crippen MR) is 26.9 cm³/mol. The SMILES string of the molecule is C=NC(N)([IH+])NC. The fourth-order valence-electron chi connectivity index (χ4n) is 0.0791. The van der Waals surface area contributed by atoms with E-state index >= 15 is 0 Å². The molecule has 0 aromatic carbocycles. The van der Waals surface area contributed by atoms with E-state index in [-0.39, 0.29) is 0 Å². The van der Waals surface area contributed by atoms with Crippen LogP contribution in [0.5, 0.6) is 0 Å². The largest absolute Gasteiger partial charge is 0.361 e. The average Bonchev–Trinajstić information content (AvgIpc) is 1.68. The van der Waals surface area contributed by atoms with E-state index in [1.807, 2.05) is 0 Å². The summed E-state index contributed by atoms with van der Waals surface area (Å²) >= 11 is 1.67. The predicted octanol–water partition coefficient (Wildman–Crippen LogP) is -4.24. The van der Waals surface area contributed by atoms with E-state index in [0.29, 0.717) is 0 Å². The number of alkyl halides is 1. The maximum atomic E-state index is 5.38. The first kappa shape index (κ1) is 7.32. The monoisotopic (exact) mass is 214 g/mol. The van der Waals surface area contributed by atoms with Gasteiger partial charge in [0.15, 0.2) is 0 Å². The molecule has 1 unspecified atom stereocenters. The molecule has 42 valence electrons. The van der Waals surface area contributed by atoms with Crippen molar-refractivity contribution in [1.29, 1.82) is 0 Å². The molecule has 0 aliphatic rings. The van der Waals surface area contributed by atoms with Gasteiger partial charge in [0.2, 0.25) is 0 Å². The minimum absolute atomic E-state index is 0.643. The summed E-state index contributed by atoms with van der Waals surface area (Å²) in [5.74, 6) is 0. The second kappa shape index (κ2) is 2.58. The van der Waals surface area contributed by atoms with Crippen LogP contribution in [0.25, 0.3) is 0 Å². The third-order valence-corrected chi connectivity index (χ3v) is 1.54. The highest BCUT2D eigenvalue weighted by Gasteiger charge is 2.23. The molecule has 0 bridgehead atoms. The third kappa shape index (κ3) is 2.95. The van der Waals surface area contributed by atoms with Crippen LogP contribution < -0.4 is 33.6 Å². The smallest absolute Gasteiger partial charge is 0.251 e. The number of rotatable bonds is 2. The van der Waals surface area contributed by atoms with Gasteiger partial charge in [0, 0.05) is 0 Å². The first-order chi connectivity index (χ1) is 3.12. The molecular formula is C3H9IN3+. The Morgan fingerprint density at radius 3 is 2.43 bits per heavy atom. The lowest BCUT2D eigenvalue weighted by atomic mass is 10.9. The van der Waals surface area contributed by atoms with Crippen molar-refractivity contribution < 1.29 is 22.6 Å². The molecule has 0 spiro atoms. The van der Waals surface area contributed by atoms with Crippen molar-refractivity contribution in [3.63, 3.8) is 0 Å². The van der Waals surface area contributed by atoms with Crippen LogP contribution in [0.1, 0.15) is 0 Å². The summed E-state index contributed by atoms with van der Waals surface area (Å²) in [5, 5.41) is 2.74. The number of halogens is 1. The van der Waals surface area contributed by atoms with Crippen LogP contribution in [0.3, 0.4) is 0 Å². The van der Waals surface area contributed by atoms with E-state index < -0.39 is 3.79 Å². The molecule has 0 aromatic rings. The highest BCUT2D eigenvalue weighted by atomic mass is 127. The van der Waals surface area contributed by atoms with Crippen molar-refractivity contribution in [1.82, 2.24) is 5.32 Å². The van der Waals surface area contributed by atoms with Gasteiger partial charge in [0.1, 0.15) is 0 Å². The molecule has 0 radical (unpaired) electrons. The fourth-order valence-corrected chi connectivity index (χ4v) is 0.0791. The van der Waals surface area contributed by atoms with Gasteiger partial charge in [-0.25, -0.2) is 10.3 Å². The van der Waals surface area contributed by atoms with Gasteiger partial charge in [0.05, 0.1) is 0 Å². The molecule has 0 saturated heterocycles. The zero-order valence-electron chi connectivity index (χ0n) is 4.14. The Labute approximate surface area is 56.5 Å². The van der Waals surface area contributed by atoms with Gasteiger partial charge >= 0.3 is 26.4 Å². The minimum atomic E-state index is -0.643. The summed E-state index contributed by atoms with van der Waals surface area (Å²) < 4.78 is -0.643. The van der Waals surface area contributed by atoms with Crippen LogP contribution >= 0.6 is 0 Å². The first-order valence-corrected chi connectivity index (χ1v) is 2.95. The van der Waals surface area contributed by atoms with E-state index in [1.165, 1.54) is 0 Å². The summed E-state index contributed by atoms with van der Waals surface area (Å²) in [6.07, 6.45) is 0. The van der Waals surface area contributed by atoms with Crippen LogP contribution in [0, 0.1) is 0 Å². The summed E-state index contributed by atoms with van der Waals surface area (Å²) in [6.45, 7) is 3.27. The molecule has 0 aromatic heterocycles. The molecule has 3 N–H and O–H groups in total. The lowest BCUT2D eigenvalue weighted by molar-refractivity contribution is -0.482. The second-order valence-electron chi connectivity index (χ2n) is 1.10. The molecule has 0 aliphatic heterocycles. The molecule has 7 heavy (non-hydrogen) atoms. The van der Waals surface area contributed by atoms with Crippen LogP contribution in [-0.2, 0) is 0 Å². The van der Waals surface area contributed by atoms with E-state index in [9.17, 15) is 0 Å². The lowest BCUT2D eigenvalue weighted by Gasteiger charge is -2.03. The molecular weight excluding hydrogens is 205 g/mol. The topological polar surface area (TPSA) is 50.4 Å². The molecule has 0 aliphatic carbocycles. The number of hydrogen-bond acceptors (Lipinski definition) is 3. The van der Waals surface area contributed by atoms with Crippen LogP contribution in [0.2, 0.25) is 0 Å². The normalized spacial score (nSPS) is 18.1. The Bertz CT molecular complexity index is 70.6. The molecule has 0 heterocycles. The molecule has 0 fully saturated rings. The van der Waals surface area contributed by atoms with E-state index in [2.05, 4.69) is 17.0 Å². The number of nitrogens with one attached hydrogen (secondary N) is 1. The Hall–Kier alpha value is 0.320. The minimum Gasteiger partial charge on any atom is -0.251 e. The summed E-state index contributed by atoms with van der Waals surface area (Å²) in [7, 11) is 1.73. The Morgan fingerprint density at radius 1 is 2.00 bits per heavy atom. The molecule has 3 nitrogen and oxygen atoms in total. The van der Waals surface area contributed by atoms with Crippen molar-refractivity contribution in [3.8, 4) is 0 Å². The van der Waals surface area contributed by atoms with Crippen molar-refractivity contribution in [2.75, 3.05) is 7.05 Å². The fraction of sp³-hybridized carbons (Fsp3) is 0.667. The number of nitrogens with two attached hydrogens (primary N) is 1. The number of hydrogen-bond donors (Lipinski definition) is 2. The van der Waals surface area contributed by atoms with Gasteiger partial charge < -0.3 is 0 Å². The van der Waals surface area contributed by atoms with Crippen molar-refractivity contribution in [2.24, 2.45) is 10.7 Å². The van der Waals surface area contributed by atoms with Crippen molar-refractivity contribution in [3.05, 3.63) is 0 Å². The van der Waals surface area contributed by atoms with E-state index in [0.717, 1.165) is 0 Å². The Balaban J connectivity index is 3.58. The van der Waals surface area contributed by atoms with Crippen molar-refractivity contribution >= 4 is 6.72 Å². The van der Waals surface area contributed by atoms with Crippen LogP contribution in [-0.4, -0.2) is 17.6 Å².